The zero-order chi connectivity index (χ0) is 21.1. The van der Waals surface area contributed by atoms with Gasteiger partial charge in [-0.2, -0.15) is 10.2 Å². The number of azo groups is 1. The third kappa shape index (κ3) is 4.52. The minimum Gasteiger partial charge on any atom is -0.422 e. The Morgan fingerprint density at radius 3 is 2.43 bits per heavy atom. The van der Waals surface area contributed by atoms with Crippen LogP contribution in [-0.4, -0.2) is 5.91 Å². The SMILES string of the molecule is Cc1cccc(NC(=O)c2cc3cc(N=Nc4ccc(Br)cc4)ccc3oc2=O)c1. The van der Waals surface area contributed by atoms with Gasteiger partial charge in [-0.1, -0.05) is 28.1 Å². The number of carbonyl (C=O) groups is 1. The predicted octanol–water partition coefficient (Wildman–Crippen LogP) is 6.53. The highest BCUT2D eigenvalue weighted by Crippen LogP contribution is 2.24. The van der Waals surface area contributed by atoms with E-state index in [1.54, 1.807) is 24.3 Å². The summed E-state index contributed by atoms with van der Waals surface area (Å²) >= 11 is 3.38. The van der Waals surface area contributed by atoms with Gasteiger partial charge in [0.1, 0.15) is 11.1 Å². The van der Waals surface area contributed by atoms with E-state index >= 15 is 0 Å². The van der Waals surface area contributed by atoms with Crippen molar-refractivity contribution < 1.29 is 9.21 Å². The number of fused-ring (bicyclic) bond motifs is 1. The monoisotopic (exact) mass is 461 g/mol. The van der Waals surface area contributed by atoms with E-state index in [1.165, 1.54) is 6.07 Å². The number of hydrogen-bond acceptors (Lipinski definition) is 5. The first-order valence-corrected chi connectivity index (χ1v) is 9.90. The predicted molar refractivity (Wildman–Crippen MR) is 120 cm³/mol. The summed E-state index contributed by atoms with van der Waals surface area (Å²) in [6.07, 6.45) is 0. The Labute approximate surface area is 180 Å². The molecule has 0 aliphatic heterocycles. The molecule has 0 bridgehead atoms. The summed E-state index contributed by atoms with van der Waals surface area (Å²) in [6, 6.07) is 21.3. The van der Waals surface area contributed by atoms with E-state index in [0.29, 0.717) is 28.0 Å². The van der Waals surface area contributed by atoms with Crippen LogP contribution in [0.15, 0.2) is 96.7 Å². The quantitative estimate of drug-likeness (QED) is 0.276. The molecule has 4 rings (SSSR count). The van der Waals surface area contributed by atoms with Crippen LogP contribution in [0, 0.1) is 6.92 Å². The fourth-order valence-corrected chi connectivity index (χ4v) is 3.14. The molecule has 0 saturated carbocycles. The van der Waals surface area contributed by atoms with E-state index in [4.69, 9.17) is 4.42 Å². The lowest BCUT2D eigenvalue weighted by atomic mass is 10.1. The fraction of sp³-hybridized carbons (Fsp3) is 0.0435. The summed E-state index contributed by atoms with van der Waals surface area (Å²) in [6.45, 7) is 1.92. The summed E-state index contributed by atoms with van der Waals surface area (Å²) in [5.74, 6) is -0.529. The van der Waals surface area contributed by atoms with Crippen molar-refractivity contribution in [3.05, 3.63) is 98.8 Å². The Morgan fingerprint density at radius 2 is 1.67 bits per heavy atom. The third-order valence-corrected chi connectivity index (χ3v) is 4.87. The summed E-state index contributed by atoms with van der Waals surface area (Å²) in [5.41, 5.74) is 2.48. The van der Waals surface area contributed by atoms with Gasteiger partial charge in [0, 0.05) is 15.5 Å². The molecule has 0 saturated heterocycles. The van der Waals surface area contributed by atoms with Crippen LogP contribution < -0.4 is 10.9 Å². The third-order valence-electron chi connectivity index (χ3n) is 4.34. The molecule has 0 fully saturated rings. The van der Waals surface area contributed by atoms with Crippen molar-refractivity contribution in [3.63, 3.8) is 0 Å². The highest BCUT2D eigenvalue weighted by molar-refractivity contribution is 9.10. The molecule has 0 radical (unpaired) electrons. The van der Waals surface area contributed by atoms with E-state index in [-0.39, 0.29) is 5.56 Å². The number of carbonyl (C=O) groups excluding carboxylic acids is 1. The summed E-state index contributed by atoms with van der Waals surface area (Å²) < 4.78 is 6.27. The number of nitrogens with zero attached hydrogens (tertiary/aromatic N) is 2. The molecule has 1 heterocycles. The fourth-order valence-electron chi connectivity index (χ4n) is 2.88. The van der Waals surface area contributed by atoms with Crippen LogP contribution >= 0.6 is 15.9 Å². The van der Waals surface area contributed by atoms with Gasteiger partial charge in [0.15, 0.2) is 0 Å². The molecule has 0 aliphatic carbocycles. The number of rotatable bonds is 4. The molecule has 0 spiro atoms. The van der Waals surface area contributed by atoms with Gasteiger partial charge in [-0.15, -0.1) is 0 Å². The lowest BCUT2D eigenvalue weighted by Crippen LogP contribution is -2.20. The standard InChI is InChI=1S/C23H16BrN3O3/c1-14-3-2-4-18(11-14)25-22(28)20-13-15-12-19(9-10-21(15)30-23(20)29)27-26-17-7-5-16(24)6-8-17/h2-13H,1H3,(H,25,28). The van der Waals surface area contributed by atoms with Gasteiger partial charge in [-0.05, 0) is 73.2 Å². The smallest absolute Gasteiger partial charge is 0.349 e. The highest BCUT2D eigenvalue weighted by atomic mass is 79.9. The van der Waals surface area contributed by atoms with Crippen LogP contribution in [-0.2, 0) is 0 Å². The Bertz CT molecular complexity index is 1330. The molecule has 1 amide bonds. The average Bonchev–Trinajstić information content (AvgIpc) is 2.73. The van der Waals surface area contributed by atoms with E-state index < -0.39 is 11.5 Å². The van der Waals surface area contributed by atoms with Crippen LogP contribution in [0.4, 0.5) is 17.1 Å². The van der Waals surface area contributed by atoms with Crippen molar-refractivity contribution in [2.24, 2.45) is 10.2 Å². The first kappa shape index (κ1) is 19.7. The lowest BCUT2D eigenvalue weighted by Gasteiger charge is -2.06. The molecule has 7 heteroatoms. The Morgan fingerprint density at radius 1 is 0.933 bits per heavy atom. The molecule has 1 aromatic heterocycles. The molecular weight excluding hydrogens is 446 g/mol. The Kier molecular flexibility index (Phi) is 5.54. The lowest BCUT2D eigenvalue weighted by molar-refractivity contribution is 0.102. The number of benzene rings is 3. The van der Waals surface area contributed by atoms with Gasteiger partial charge in [-0.3, -0.25) is 4.79 Å². The normalized spacial score (nSPS) is 11.1. The van der Waals surface area contributed by atoms with Crippen LogP contribution in [0.3, 0.4) is 0 Å². The van der Waals surface area contributed by atoms with Gasteiger partial charge in [0.25, 0.3) is 5.91 Å². The van der Waals surface area contributed by atoms with Gasteiger partial charge in [0.2, 0.25) is 0 Å². The van der Waals surface area contributed by atoms with Gasteiger partial charge < -0.3 is 9.73 Å². The van der Waals surface area contributed by atoms with E-state index in [9.17, 15) is 9.59 Å². The molecule has 148 valence electrons. The number of hydrogen-bond donors (Lipinski definition) is 1. The molecule has 4 aromatic rings. The maximum atomic E-state index is 12.6. The molecule has 0 atom stereocenters. The number of anilines is 1. The van der Waals surface area contributed by atoms with Crippen molar-refractivity contribution in [3.8, 4) is 0 Å². The second-order valence-electron chi connectivity index (χ2n) is 6.67. The zero-order valence-corrected chi connectivity index (χ0v) is 17.5. The molecule has 30 heavy (non-hydrogen) atoms. The van der Waals surface area contributed by atoms with E-state index in [0.717, 1.165) is 10.0 Å². The van der Waals surface area contributed by atoms with Crippen LogP contribution in [0.5, 0.6) is 0 Å². The molecule has 6 nitrogen and oxygen atoms in total. The maximum absolute atomic E-state index is 12.6. The van der Waals surface area contributed by atoms with Crippen molar-refractivity contribution in [1.29, 1.82) is 0 Å². The molecule has 0 aliphatic rings. The van der Waals surface area contributed by atoms with Crippen molar-refractivity contribution in [2.45, 2.75) is 6.92 Å². The Balaban J connectivity index is 1.63. The minimum atomic E-state index is -0.697. The van der Waals surface area contributed by atoms with Crippen LogP contribution in [0.25, 0.3) is 11.0 Å². The van der Waals surface area contributed by atoms with E-state index in [2.05, 4.69) is 31.5 Å². The maximum Gasteiger partial charge on any atom is 0.349 e. The highest BCUT2D eigenvalue weighted by Gasteiger charge is 2.14. The van der Waals surface area contributed by atoms with Crippen molar-refractivity contribution >= 4 is 49.9 Å². The number of amides is 1. The first-order chi connectivity index (χ1) is 14.5. The first-order valence-electron chi connectivity index (χ1n) is 9.11. The second-order valence-corrected chi connectivity index (χ2v) is 7.59. The summed E-state index contributed by atoms with van der Waals surface area (Å²) in [7, 11) is 0. The molecule has 0 unspecified atom stereocenters. The molecule has 3 aromatic carbocycles. The Hall–Kier alpha value is -3.58. The van der Waals surface area contributed by atoms with E-state index in [1.807, 2.05) is 49.4 Å². The van der Waals surface area contributed by atoms with Crippen LogP contribution in [0.2, 0.25) is 0 Å². The van der Waals surface area contributed by atoms with Crippen molar-refractivity contribution in [1.82, 2.24) is 0 Å². The summed E-state index contributed by atoms with van der Waals surface area (Å²) in [4.78, 5) is 24.9. The second kappa shape index (κ2) is 8.42. The largest absolute Gasteiger partial charge is 0.422 e. The zero-order valence-electron chi connectivity index (χ0n) is 15.9. The average molecular weight is 462 g/mol. The van der Waals surface area contributed by atoms with Gasteiger partial charge >= 0.3 is 5.63 Å². The molecular formula is C23H16BrN3O3. The summed E-state index contributed by atoms with van der Waals surface area (Å²) in [5, 5.41) is 11.7. The molecule has 1 N–H and O–H groups in total. The van der Waals surface area contributed by atoms with Gasteiger partial charge in [0.05, 0.1) is 11.4 Å². The number of halogens is 1. The topological polar surface area (TPSA) is 84.0 Å². The van der Waals surface area contributed by atoms with Crippen LogP contribution in [0.1, 0.15) is 15.9 Å². The van der Waals surface area contributed by atoms with Gasteiger partial charge in [-0.25, -0.2) is 4.79 Å². The van der Waals surface area contributed by atoms with Crippen molar-refractivity contribution in [2.75, 3.05) is 5.32 Å². The minimum absolute atomic E-state index is 0.0778. The number of nitrogens with one attached hydrogen (secondary N) is 1. The number of aryl methyl sites for hydroxylation is 1.